The summed E-state index contributed by atoms with van der Waals surface area (Å²) < 4.78 is 46.6. The number of anilines is 1. The zero-order chi connectivity index (χ0) is 45.5. The summed E-state index contributed by atoms with van der Waals surface area (Å²) in [6, 6.07) is 16.7. The first kappa shape index (κ1) is 42.7. The highest BCUT2D eigenvalue weighted by molar-refractivity contribution is 7.71. The largest absolute Gasteiger partial charge is 0.438 e. The Morgan fingerprint density at radius 2 is 1.69 bits per heavy atom. The number of H-pyrrole nitrogens is 1. The predicted octanol–water partition coefficient (Wildman–Crippen LogP) is 7.60. The van der Waals surface area contributed by atoms with E-state index >= 15 is 9.18 Å². The lowest BCUT2D eigenvalue weighted by Gasteiger charge is -2.35. The minimum Gasteiger partial charge on any atom is -0.387 e. The van der Waals surface area contributed by atoms with E-state index in [1.807, 2.05) is 59.2 Å². The van der Waals surface area contributed by atoms with Gasteiger partial charge >= 0.3 is 11.4 Å². The van der Waals surface area contributed by atoms with Gasteiger partial charge in [-0.1, -0.05) is 25.1 Å². The van der Waals surface area contributed by atoms with Crippen molar-refractivity contribution >= 4 is 34.9 Å². The van der Waals surface area contributed by atoms with Gasteiger partial charge < -0.3 is 24.1 Å². The quantitative estimate of drug-likeness (QED) is 0.124. The van der Waals surface area contributed by atoms with Gasteiger partial charge in [-0.05, 0) is 118 Å². The number of amides is 1. The van der Waals surface area contributed by atoms with Gasteiger partial charge in [-0.3, -0.25) is 28.1 Å². The van der Waals surface area contributed by atoms with Gasteiger partial charge in [0, 0.05) is 79.0 Å². The number of carbonyl (C=O) groups excluding carboxylic acids is 1. The standard InChI is InChI=1S/C48H53FN9O6P/c1-7-65(62,8-2)39-12-10-35(27-36(39)50-6)55-17-18-56(47(55)61)43-41(34-23-28(3)40(49)29(4)24-34)52-57-20-19-54(30(5)42(43)57)44(59)38-26-33-25-32(31-13-21-63-22-14-31)9-11-37(33)58(38)48(15-16-48)45-51-46(60)64-53-45/h9-12,17-18,23-27,30-31,50H,7-8,13-16,19-22H2,1-6H3,(H,51,53,60). The van der Waals surface area contributed by atoms with Crippen LogP contribution in [-0.2, 0) is 21.4 Å². The molecule has 1 saturated heterocycles. The van der Waals surface area contributed by atoms with E-state index in [1.165, 1.54) is 10.1 Å². The number of aromatic amines is 1. The smallest absolute Gasteiger partial charge is 0.387 e. The van der Waals surface area contributed by atoms with Crippen LogP contribution in [0.25, 0.3) is 33.5 Å². The molecule has 1 aliphatic carbocycles. The lowest BCUT2D eigenvalue weighted by atomic mass is 9.91. The number of rotatable bonds is 11. The number of benzene rings is 3. The molecule has 2 fully saturated rings. The van der Waals surface area contributed by atoms with Gasteiger partial charge in [0.05, 0.1) is 24.0 Å². The van der Waals surface area contributed by atoms with Crippen LogP contribution >= 0.6 is 7.14 Å². The normalized spacial score (nSPS) is 17.5. The number of aryl methyl sites for hydroxylation is 2. The Labute approximate surface area is 374 Å². The molecule has 338 valence electrons. The van der Waals surface area contributed by atoms with Crippen molar-refractivity contribution < 1.29 is 23.0 Å². The molecule has 65 heavy (non-hydrogen) atoms. The van der Waals surface area contributed by atoms with Crippen LogP contribution in [-0.4, -0.2) is 83.6 Å². The van der Waals surface area contributed by atoms with Crippen molar-refractivity contribution in [3.63, 3.8) is 0 Å². The molecule has 2 aliphatic heterocycles. The molecule has 1 unspecified atom stereocenters. The van der Waals surface area contributed by atoms with Crippen molar-refractivity contribution in [3.8, 4) is 22.6 Å². The van der Waals surface area contributed by atoms with Crippen LogP contribution in [0.15, 0.2) is 81.1 Å². The summed E-state index contributed by atoms with van der Waals surface area (Å²) in [5.41, 5.74) is 5.71. The topological polar surface area (TPSA) is 167 Å². The summed E-state index contributed by atoms with van der Waals surface area (Å²) in [7, 11) is -0.868. The number of hydrogen-bond donors (Lipinski definition) is 2. The third-order valence-corrected chi connectivity index (χ3v) is 17.4. The van der Waals surface area contributed by atoms with Crippen LogP contribution in [0.3, 0.4) is 0 Å². The second-order valence-corrected chi connectivity index (χ2v) is 21.3. The van der Waals surface area contributed by atoms with Gasteiger partial charge in [0.2, 0.25) is 0 Å². The molecule has 17 heteroatoms. The lowest BCUT2D eigenvalue weighted by molar-refractivity contribution is 0.0623. The highest BCUT2D eigenvalue weighted by Crippen LogP contribution is 2.51. The molecule has 0 bridgehead atoms. The Balaban J connectivity index is 1.10. The number of ether oxygens (including phenoxy) is 1. The van der Waals surface area contributed by atoms with E-state index in [4.69, 9.17) is 14.4 Å². The minimum atomic E-state index is -2.65. The highest BCUT2D eigenvalue weighted by atomic mass is 31.2. The van der Waals surface area contributed by atoms with Gasteiger partial charge in [-0.2, -0.15) is 5.10 Å². The molecular formula is C48H53FN9O6P. The lowest BCUT2D eigenvalue weighted by Crippen LogP contribution is -2.43. The summed E-state index contributed by atoms with van der Waals surface area (Å²) in [5.74, 6) is -0.495. The minimum absolute atomic E-state index is 0.229. The fourth-order valence-electron chi connectivity index (χ4n) is 10.3. The molecule has 15 nitrogen and oxygen atoms in total. The molecule has 3 aliphatic rings. The van der Waals surface area contributed by atoms with Gasteiger partial charge in [0.1, 0.15) is 35.6 Å². The van der Waals surface area contributed by atoms with Crippen LogP contribution in [0.5, 0.6) is 0 Å². The molecule has 7 aromatic rings. The average Bonchev–Trinajstić information content (AvgIpc) is 3.60. The maximum atomic E-state index is 15.4. The van der Waals surface area contributed by atoms with Gasteiger partial charge in [0.25, 0.3) is 5.91 Å². The van der Waals surface area contributed by atoms with Crippen LogP contribution in [0.1, 0.15) is 97.1 Å². The predicted molar refractivity (Wildman–Crippen MR) is 248 cm³/mol. The van der Waals surface area contributed by atoms with Crippen molar-refractivity contribution in [1.29, 1.82) is 0 Å². The second kappa shape index (κ2) is 16.0. The maximum Gasteiger partial charge on any atom is 0.438 e. The van der Waals surface area contributed by atoms with E-state index in [0.717, 1.165) is 29.0 Å². The average molecular weight is 902 g/mol. The molecule has 3 aromatic carbocycles. The van der Waals surface area contributed by atoms with Crippen molar-refractivity contribution in [2.75, 3.05) is 44.4 Å². The van der Waals surface area contributed by atoms with E-state index in [2.05, 4.69) is 33.7 Å². The summed E-state index contributed by atoms with van der Waals surface area (Å²) in [6.07, 6.45) is 7.54. The van der Waals surface area contributed by atoms with Gasteiger partial charge in [-0.15, -0.1) is 0 Å². The number of carbonyl (C=O) groups is 1. The van der Waals surface area contributed by atoms with Gasteiger partial charge in [0.15, 0.2) is 5.82 Å². The molecular weight excluding hydrogens is 849 g/mol. The highest BCUT2D eigenvalue weighted by Gasteiger charge is 2.52. The monoisotopic (exact) mass is 901 g/mol. The van der Waals surface area contributed by atoms with E-state index in [0.29, 0.717) is 114 Å². The number of imidazole rings is 1. The molecule has 1 atom stereocenters. The summed E-state index contributed by atoms with van der Waals surface area (Å²) >= 11 is 0. The van der Waals surface area contributed by atoms with E-state index in [9.17, 15) is 14.2 Å². The zero-order valence-corrected chi connectivity index (χ0v) is 38.4. The Morgan fingerprint density at radius 3 is 2.35 bits per heavy atom. The van der Waals surface area contributed by atoms with E-state index in [-0.39, 0.29) is 17.4 Å². The molecule has 10 rings (SSSR count). The second-order valence-electron chi connectivity index (χ2n) is 17.7. The molecule has 2 N–H and O–H groups in total. The van der Waals surface area contributed by atoms with Crippen LogP contribution < -0.4 is 22.1 Å². The third kappa shape index (κ3) is 6.86. The molecule has 6 heterocycles. The molecule has 0 spiro atoms. The van der Waals surface area contributed by atoms with Crippen molar-refractivity contribution in [2.24, 2.45) is 0 Å². The van der Waals surface area contributed by atoms with Crippen molar-refractivity contribution in [3.05, 3.63) is 128 Å². The fraction of sp³-hybridized carbons (Fsp3) is 0.396. The summed E-state index contributed by atoms with van der Waals surface area (Å²) in [5, 5.41) is 14.1. The number of aromatic nitrogens is 7. The van der Waals surface area contributed by atoms with Crippen molar-refractivity contribution in [1.82, 2.24) is 38.5 Å². The Kier molecular flexibility index (Phi) is 10.5. The van der Waals surface area contributed by atoms with Crippen LogP contribution in [0, 0.1) is 19.7 Å². The maximum absolute atomic E-state index is 15.4. The van der Waals surface area contributed by atoms with Crippen LogP contribution in [0.2, 0.25) is 0 Å². The summed E-state index contributed by atoms with van der Waals surface area (Å²) in [6.45, 7) is 11.3. The van der Waals surface area contributed by atoms with Crippen LogP contribution in [0.4, 0.5) is 10.1 Å². The first-order chi connectivity index (χ1) is 31.3. The zero-order valence-electron chi connectivity index (χ0n) is 37.5. The van der Waals surface area contributed by atoms with Gasteiger partial charge in [-0.25, -0.2) is 14.0 Å². The van der Waals surface area contributed by atoms with E-state index in [1.54, 1.807) is 50.0 Å². The third-order valence-electron chi connectivity index (χ3n) is 14.1. The molecule has 1 amide bonds. The Bertz CT molecular complexity index is 3170. The number of nitrogens with zero attached hydrogens (tertiary/aromatic N) is 7. The molecule has 1 saturated carbocycles. The SMILES string of the molecule is CCP(=O)(CC)c1ccc(-n2ccn(-c3c(-c4cc(C)c(F)c(C)c4)nn4c3C(C)N(C(=O)c3cc5cc(C6CCOCC6)ccc5n3C3(c5noc(=O)[nH]5)CC3)CC4)c2=O)cc1NC. The molecule has 0 radical (unpaired) electrons. The number of fused-ring (bicyclic) bond motifs is 2. The first-order valence-corrected chi connectivity index (χ1v) is 24.6. The Hall–Kier alpha value is -6.25. The number of halogens is 1. The van der Waals surface area contributed by atoms with E-state index < -0.39 is 24.5 Å². The fourth-order valence-corrected chi connectivity index (χ4v) is 12.4. The first-order valence-electron chi connectivity index (χ1n) is 22.5. The van der Waals surface area contributed by atoms with Crippen molar-refractivity contribution in [2.45, 2.75) is 84.3 Å². The summed E-state index contributed by atoms with van der Waals surface area (Å²) in [4.78, 5) is 47.2. The number of hydrogen-bond acceptors (Lipinski definition) is 9. The Morgan fingerprint density at radius 1 is 0.969 bits per heavy atom. The number of nitrogens with one attached hydrogen (secondary N) is 2. The molecule has 4 aromatic heterocycles.